The fourth-order valence-electron chi connectivity index (χ4n) is 1.17. The van der Waals surface area contributed by atoms with Crippen LogP contribution in [0.1, 0.15) is 17.9 Å². The van der Waals surface area contributed by atoms with Crippen molar-refractivity contribution in [1.29, 1.82) is 0 Å². The van der Waals surface area contributed by atoms with E-state index in [1.807, 2.05) is 0 Å². The van der Waals surface area contributed by atoms with Crippen molar-refractivity contribution in [2.75, 3.05) is 7.11 Å². The van der Waals surface area contributed by atoms with Gasteiger partial charge in [-0.25, -0.2) is 4.98 Å². The molecule has 0 aliphatic carbocycles. The largest absolute Gasteiger partial charge is 0.389 e. The van der Waals surface area contributed by atoms with Crippen LogP contribution in [0.3, 0.4) is 0 Å². The monoisotopic (exact) mass is 314 g/mol. The third-order valence-electron chi connectivity index (χ3n) is 1.91. The summed E-state index contributed by atoms with van der Waals surface area (Å²) in [6, 6.07) is 0. The van der Waals surface area contributed by atoms with E-state index in [0.29, 0.717) is 0 Å². The number of alkyl halides is 3. The zero-order valence-electron chi connectivity index (χ0n) is 8.90. The second kappa shape index (κ2) is 5.63. The highest BCUT2D eigenvalue weighted by molar-refractivity contribution is 9.10. The fourth-order valence-corrected chi connectivity index (χ4v) is 1.47. The van der Waals surface area contributed by atoms with Crippen LogP contribution in [-0.2, 0) is 17.8 Å². The van der Waals surface area contributed by atoms with Gasteiger partial charge in [0.2, 0.25) is 0 Å². The van der Waals surface area contributed by atoms with Gasteiger partial charge < -0.3 is 9.72 Å². The van der Waals surface area contributed by atoms with Crippen molar-refractivity contribution in [2.45, 2.75) is 25.6 Å². The third kappa shape index (κ3) is 4.47. The number of aromatic nitrogens is 2. The molecule has 0 spiro atoms. The molecule has 0 amide bonds. The van der Waals surface area contributed by atoms with E-state index < -0.39 is 18.2 Å². The van der Waals surface area contributed by atoms with Crippen LogP contribution in [0.15, 0.2) is 9.27 Å². The highest BCUT2D eigenvalue weighted by Crippen LogP contribution is 2.21. The van der Waals surface area contributed by atoms with Crippen molar-refractivity contribution >= 4 is 15.9 Å². The SMILES string of the molecule is COCc1nc(CCC(F)(F)F)[nH]c(=O)c1Br. The Hall–Kier alpha value is -0.890. The van der Waals surface area contributed by atoms with E-state index in [9.17, 15) is 18.0 Å². The van der Waals surface area contributed by atoms with Crippen molar-refractivity contribution in [3.63, 3.8) is 0 Å². The zero-order valence-corrected chi connectivity index (χ0v) is 10.5. The number of rotatable bonds is 4. The van der Waals surface area contributed by atoms with E-state index >= 15 is 0 Å². The summed E-state index contributed by atoms with van der Waals surface area (Å²) in [7, 11) is 1.41. The van der Waals surface area contributed by atoms with Gasteiger partial charge in [-0.1, -0.05) is 0 Å². The van der Waals surface area contributed by atoms with Crippen molar-refractivity contribution in [3.05, 3.63) is 26.3 Å². The number of aromatic amines is 1. The van der Waals surface area contributed by atoms with Gasteiger partial charge >= 0.3 is 6.18 Å². The Morgan fingerprint density at radius 1 is 1.47 bits per heavy atom. The van der Waals surface area contributed by atoms with Crippen molar-refractivity contribution in [2.24, 2.45) is 0 Å². The Kier molecular flexibility index (Phi) is 4.70. The third-order valence-corrected chi connectivity index (χ3v) is 2.72. The maximum Gasteiger partial charge on any atom is 0.389 e. The van der Waals surface area contributed by atoms with Crippen molar-refractivity contribution < 1.29 is 17.9 Å². The Labute approximate surface area is 103 Å². The molecule has 0 aliphatic heterocycles. The van der Waals surface area contributed by atoms with E-state index in [-0.39, 0.29) is 29.0 Å². The van der Waals surface area contributed by atoms with Gasteiger partial charge in [0.15, 0.2) is 0 Å². The van der Waals surface area contributed by atoms with Crippen molar-refractivity contribution in [1.82, 2.24) is 9.97 Å². The Bertz CT molecular complexity index is 445. The van der Waals surface area contributed by atoms with Crippen molar-refractivity contribution in [3.8, 4) is 0 Å². The van der Waals surface area contributed by atoms with Crippen LogP contribution < -0.4 is 5.56 Å². The van der Waals surface area contributed by atoms with E-state index in [4.69, 9.17) is 4.74 Å². The number of hydrogen-bond acceptors (Lipinski definition) is 3. The van der Waals surface area contributed by atoms with Crippen LogP contribution in [0.2, 0.25) is 0 Å². The highest BCUT2D eigenvalue weighted by Gasteiger charge is 2.27. The van der Waals surface area contributed by atoms with Crippen LogP contribution in [0.5, 0.6) is 0 Å². The molecule has 0 fully saturated rings. The molecular formula is C9H10BrF3N2O2. The lowest BCUT2D eigenvalue weighted by atomic mass is 10.3. The average molecular weight is 315 g/mol. The summed E-state index contributed by atoms with van der Waals surface area (Å²) in [5.41, 5.74) is -0.224. The molecule has 17 heavy (non-hydrogen) atoms. The zero-order chi connectivity index (χ0) is 13.1. The molecule has 0 aliphatic rings. The first kappa shape index (κ1) is 14.2. The minimum atomic E-state index is -4.27. The quantitative estimate of drug-likeness (QED) is 0.926. The summed E-state index contributed by atoms with van der Waals surface area (Å²) < 4.78 is 41.0. The lowest BCUT2D eigenvalue weighted by molar-refractivity contribution is -0.134. The van der Waals surface area contributed by atoms with Gasteiger partial charge in [-0.3, -0.25) is 4.79 Å². The first-order chi connectivity index (χ1) is 7.83. The van der Waals surface area contributed by atoms with Gasteiger partial charge in [0.1, 0.15) is 10.3 Å². The second-order valence-electron chi connectivity index (χ2n) is 3.32. The molecule has 1 rings (SSSR count). The number of nitrogens with zero attached hydrogens (tertiary/aromatic N) is 1. The molecule has 0 saturated heterocycles. The molecule has 0 atom stereocenters. The van der Waals surface area contributed by atoms with Crippen LogP contribution in [0, 0.1) is 0 Å². The molecule has 1 aromatic heterocycles. The molecule has 1 heterocycles. The van der Waals surface area contributed by atoms with Gasteiger partial charge in [-0.15, -0.1) is 0 Å². The predicted octanol–water partition coefficient (Wildman–Crippen LogP) is 2.17. The number of halogens is 4. The molecule has 1 aromatic rings. The fraction of sp³-hybridized carbons (Fsp3) is 0.556. The lowest BCUT2D eigenvalue weighted by Gasteiger charge is -2.07. The van der Waals surface area contributed by atoms with Gasteiger partial charge in [-0.2, -0.15) is 13.2 Å². The number of ether oxygens (including phenoxy) is 1. The lowest BCUT2D eigenvalue weighted by Crippen LogP contribution is -2.18. The molecule has 0 unspecified atom stereocenters. The smallest absolute Gasteiger partial charge is 0.378 e. The molecule has 1 N–H and O–H groups in total. The van der Waals surface area contributed by atoms with Gasteiger partial charge in [0.05, 0.1) is 18.7 Å². The van der Waals surface area contributed by atoms with Crippen LogP contribution in [0.25, 0.3) is 0 Å². The van der Waals surface area contributed by atoms with Gasteiger partial charge in [0, 0.05) is 13.5 Å². The molecule has 96 valence electrons. The normalized spacial score (nSPS) is 11.8. The van der Waals surface area contributed by atoms with Crippen LogP contribution >= 0.6 is 15.9 Å². The Morgan fingerprint density at radius 3 is 2.65 bits per heavy atom. The molecule has 0 saturated carbocycles. The average Bonchev–Trinajstić information content (AvgIpc) is 2.21. The topological polar surface area (TPSA) is 55.0 Å². The number of hydrogen-bond donors (Lipinski definition) is 1. The maximum absolute atomic E-state index is 12.0. The molecule has 0 bridgehead atoms. The molecule has 4 nitrogen and oxygen atoms in total. The Balaban J connectivity index is 2.91. The second-order valence-corrected chi connectivity index (χ2v) is 4.11. The number of methoxy groups -OCH3 is 1. The summed E-state index contributed by atoms with van der Waals surface area (Å²) >= 11 is 3.00. The van der Waals surface area contributed by atoms with Crippen LogP contribution in [0.4, 0.5) is 13.2 Å². The first-order valence-electron chi connectivity index (χ1n) is 4.66. The summed E-state index contributed by atoms with van der Waals surface area (Å²) in [4.78, 5) is 17.6. The summed E-state index contributed by atoms with van der Waals surface area (Å²) in [5, 5.41) is 0. The summed E-state index contributed by atoms with van der Waals surface area (Å²) in [5.74, 6) is 0.00238. The summed E-state index contributed by atoms with van der Waals surface area (Å²) in [6.45, 7) is 0.0590. The number of nitrogens with one attached hydrogen (secondary N) is 1. The predicted molar refractivity (Wildman–Crippen MR) is 57.6 cm³/mol. The standard InChI is InChI=1S/C9H10BrF3N2O2/c1-17-4-5-7(10)8(16)15-6(14-5)2-3-9(11,12)13/h2-4H2,1H3,(H,14,15,16). The van der Waals surface area contributed by atoms with Crippen LogP contribution in [-0.4, -0.2) is 23.3 Å². The highest BCUT2D eigenvalue weighted by atomic mass is 79.9. The number of H-pyrrole nitrogens is 1. The van der Waals surface area contributed by atoms with E-state index in [1.54, 1.807) is 0 Å². The van der Waals surface area contributed by atoms with Gasteiger partial charge in [-0.05, 0) is 15.9 Å². The van der Waals surface area contributed by atoms with E-state index in [2.05, 4.69) is 25.9 Å². The molecule has 8 heteroatoms. The van der Waals surface area contributed by atoms with E-state index in [1.165, 1.54) is 7.11 Å². The molecule has 0 aromatic carbocycles. The molecular weight excluding hydrogens is 305 g/mol. The van der Waals surface area contributed by atoms with Gasteiger partial charge in [0.25, 0.3) is 5.56 Å². The first-order valence-corrected chi connectivity index (χ1v) is 5.46. The minimum absolute atomic E-state index is 0.00238. The minimum Gasteiger partial charge on any atom is -0.378 e. The van der Waals surface area contributed by atoms with E-state index in [0.717, 1.165) is 0 Å². The molecule has 0 radical (unpaired) electrons. The summed E-state index contributed by atoms with van der Waals surface area (Å²) in [6.07, 6.45) is -5.65. The maximum atomic E-state index is 12.0. The Morgan fingerprint density at radius 2 is 2.12 bits per heavy atom. The number of aryl methyl sites for hydroxylation is 1.